The first kappa shape index (κ1) is 14.4. The second-order valence-corrected chi connectivity index (χ2v) is 6.61. The summed E-state index contributed by atoms with van der Waals surface area (Å²) in [6.45, 7) is 4.21. The second-order valence-electron chi connectivity index (χ2n) is 4.37. The Morgan fingerprint density at radius 1 is 1.05 bits per heavy atom. The molecular weight excluding hydrogens is 324 g/mol. The summed E-state index contributed by atoms with van der Waals surface area (Å²) in [5.74, 6) is 1.53. The van der Waals surface area contributed by atoms with Crippen molar-refractivity contribution in [2.45, 2.75) is 18.7 Å². The Morgan fingerprint density at radius 2 is 1.68 bits per heavy atom. The SMILES string of the molecule is COc1cc(C)c(C(Br)c2ccc(C)s2)cc1OC. The van der Waals surface area contributed by atoms with Crippen molar-refractivity contribution < 1.29 is 9.47 Å². The molecular formula is C15H17BrO2S. The number of thiophene rings is 1. The van der Waals surface area contributed by atoms with Gasteiger partial charge in [-0.15, -0.1) is 11.3 Å². The number of hydrogen-bond acceptors (Lipinski definition) is 3. The molecule has 1 aromatic heterocycles. The standard InChI is InChI=1S/C15H17BrO2S/c1-9-7-12(17-3)13(18-4)8-11(9)15(16)14-6-5-10(2)19-14/h5-8,15H,1-4H3. The fourth-order valence-corrected chi connectivity index (χ4v) is 3.81. The summed E-state index contributed by atoms with van der Waals surface area (Å²) < 4.78 is 10.7. The normalized spacial score (nSPS) is 12.3. The first-order valence-electron chi connectivity index (χ1n) is 5.99. The van der Waals surface area contributed by atoms with Gasteiger partial charge in [0, 0.05) is 9.75 Å². The minimum absolute atomic E-state index is 0.186. The zero-order valence-corrected chi connectivity index (χ0v) is 13.9. The molecule has 0 fully saturated rings. The Bertz CT molecular complexity index is 578. The van der Waals surface area contributed by atoms with Crippen molar-refractivity contribution in [1.82, 2.24) is 0 Å². The molecule has 1 aromatic carbocycles. The molecule has 2 aromatic rings. The lowest BCUT2D eigenvalue weighted by Gasteiger charge is -2.16. The van der Waals surface area contributed by atoms with Gasteiger partial charge in [0.1, 0.15) is 0 Å². The summed E-state index contributed by atoms with van der Waals surface area (Å²) in [4.78, 5) is 2.80. The molecule has 0 saturated heterocycles. The zero-order valence-electron chi connectivity index (χ0n) is 11.5. The lowest BCUT2D eigenvalue weighted by Crippen LogP contribution is -1.98. The third-order valence-electron chi connectivity index (χ3n) is 3.06. The van der Waals surface area contributed by atoms with E-state index in [0.717, 1.165) is 11.5 Å². The quantitative estimate of drug-likeness (QED) is 0.739. The van der Waals surface area contributed by atoms with E-state index < -0.39 is 0 Å². The van der Waals surface area contributed by atoms with Crippen LogP contribution in [-0.4, -0.2) is 14.2 Å². The smallest absolute Gasteiger partial charge is 0.161 e. The van der Waals surface area contributed by atoms with E-state index in [1.807, 2.05) is 12.1 Å². The molecule has 19 heavy (non-hydrogen) atoms. The van der Waals surface area contributed by atoms with Crippen molar-refractivity contribution in [2.75, 3.05) is 14.2 Å². The number of rotatable bonds is 4. The van der Waals surface area contributed by atoms with E-state index in [1.165, 1.54) is 20.9 Å². The molecule has 0 amide bonds. The summed E-state index contributed by atoms with van der Waals surface area (Å²) in [6.07, 6.45) is 0. The molecule has 102 valence electrons. The van der Waals surface area contributed by atoms with E-state index >= 15 is 0 Å². The van der Waals surface area contributed by atoms with Crippen LogP contribution in [0.3, 0.4) is 0 Å². The fourth-order valence-electron chi connectivity index (χ4n) is 2.01. The van der Waals surface area contributed by atoms with Gasteiger partial charge in [-0.3, -0.25) is 0 Å². The Hall–Kier alpha value is -1.00. The minimum Gasteiger partial charge on any atom is -0.493 e. The van der Waals surface area contributed by atoms with Gasteiger partial charge in [0.2, 0.25) is 0 Å². The number of methoxy groups -OCH3 is 2. The van der Waals surface area contributed by atoms with Crippen LogP contribution in [0, 0.1) is 13.8 Å². The van der Waals surface area contributed by atoms with Gasteiger partial charge in [0.05, 0.1) is 19.0 Å². The molecule has 4 heteroatoms. The van der Waals surface area contributed by atoms with Crippen LogP contribution in [0.25, 0.3) is 0 Å². The lowest BCUT2D eigenvalue weighted by molar-refractivity contribution is 0.354. The third-order valence-corrected chi connectivity index (χ3v) is 5.41. The van der Waals surface area contributed by atoms with Crippen molar-refractivity contribution in [3.05, 3.63) is 45.1 Å². The van der Waals surface area contributed by atoms with Gasteiger partial charge in [-0.1, -0.05) is 15.9 Å². The van der Waals surface area contributed by atoms with Crippen LogP contribution >= 0.6 is 27.3 Å². The molecule has 0 radical (unpaired) electrons. The van der Waals surface area contributed by atoms with Gasteiger partial charge in [-0.2, -0.15) is 0 Å². The van der Waals surface area contributed by atoms with Crippen molar-refractivity contribution in [1.29, 1.82) is 0 Å². The second kappa shape index (κ2) is 5.97. The Kier molecular flexibility index (Phi) is 4.53. The van der Waals surface area contributed by atoms with Crippen LogP contribution in [0.5, 0.6) is 11.5 Å². The summed E-state index contributed by atoms with van der Waals surface area (Å²) >= 11 is 5.59. The van der Waals surface area contributed by atoms with E-state index in [-0.39, 0.29) is 4.83 Å². The molecule has 0 aliphatic heterocycles. The maximum atomic E-state index is 5.38. The summed E-state index contributed by atoms with van der Waals surface area (Å²) in [5.41, 5.74) is 2.39. The molecule has 0 aliphatic carbocycles. The van der Waals surface area contributed by atoms with Crippen LogP contribution in [0.15, 0.2) is 24.3 Å². The molecule has 1 unspecified atom stereocenters. The topological polar surface area (TPSA) is 18.5 Å². The number of hydrogen-bond donors (Lipinski definition) is 0. The van der Waals surface area contributed by atoms with E-state index in [1.54, 1.807) is 25.6 Å². The molecule has 1 heterocycles. The van der Waals surface area contributed by atoms with Crippen molar-refractivity contribution >= 4 is 27.3 Å². The highest BCUT2D eigenvalue weighted by Crippen LogP contribution is 2.40. The van der Waals surface area contributed by atoms with Crippen LogP contribution < -0.4 is 9.47 Å². The van der Waals surface area contributed by atoms with Gasteiger partial charge in [0.15, 0.2) is 11.5 Å². The average Bonchev–Trinajstić information content (AvgIpc) is 2.84. The third kappa shape index (κ3) is 2.95. The summed E-state index contributed by atoms with van der Waals surface area (Å²) in [7, 11) is 3.32. The first-order valence-corrected chi connectivity index (χ1v) is 7.73. The minimum atomic E-state index is 0.186. The molecule has 1 atom stereocenters. The number of benzene rings is 1. The largest absolute Gasteiger partial charge is 0.493 e. The Labute approximate surface area is 126 Å². The van der Waals surface area contributed by atoms with Gasteiger partial charge in [-0.05, 0) is 49.2 Å². The predicted molar refractivity (Wildman–Crippen MR) is 84.1 cm³/mol. The average molecular weight is 341 g/mol. The highest BCUT2D eigenvalue weighted by molar-refractivity contribution is 9.09. The monoisotopic (exact) mass is 340 g/mol. The van der Waals surface area contributed by atoms with Gasteiger partial charge in [-0.25, -0.2) is 0 Å². The molecule has 2 nitrogen and oxygen atoms in total. The van der Waals surface area contributed by atoms with Gasteiger partial charge in [0.25, 0.3) is 0 Å². The number of aryl methyl sites for hydroxylation is 2. The van der Waals surface area contributed by atoms with Crippen LogP contribution in [-0.2, 0) is 0 Å². The molecule has 0 N–H and O–H groups in total. The van der Waals surface area contributed by atoms with E-state index in [4.69, 9.17) is 9.47 Å². The van der Waals surface area contributed by atoms with Crippen LogP contribution in [0.4, 0.5) is 0 Å². The molecule has 0 spiro atoms. The highest BCUT2D eigenvalue weighted by Gasteiger charge is 2.17. The zero-order chi connectivity index (χ0) is 14.0. The molecule has 2 rings (SSSR count). The summed E-state index contributed by atoms with van der Waals surface area (Å²) in [6, 6.07) is 8.37. The highest BCUT2D eigenvalue weighted by atomic mass is 79.9. The molecule has 0 bridgehead atoms. The molecule has 0 aliphatic rings. The number of ether oxygens (including phenoxy) is 2. The Balaban J connectivity index is 2.44. The van der Waals surface area contributed by atoms with Gasteiger partial charge >= 0.3 is 0 Å². The lowest BCUT2D eigenvalue weighted by atomic mass is 10.0. The maximum absolute atomic E-state index is 5.38. The predicted octanol–water partition coefficient (Wildman–Crippen LogP) is 4.87. The number of halogens is 1. The van der Waals surface area contributed by atoms with Crippen LogP contribution in [0.1, 0.15) is 25.7 Å². The van der Waals surface area contributed by atoms with Gasteiger partial charge < -0.3 is 9.47 Å². The Morgan fingerprint density at radius 3 is 2.21 bits per heavy atom. The van der Waals surface area contributed by atoms with Crippen molar-refractivity contribution in [3.8, 4) is 11.5 Å². The van der Waals surface area contributed by atoms with Crippen molar-refractivity contribution in [3.63, 3.8) is 0 Å². The summed E-state index contributed by atoms with van der Waals surface area (Å²) in [5, 5.41) is 0. The van der Waals surface area contributed by atoms with Crippen molar-refractivity contribution in [2.24, 2.45) is 0 Å². The van der Waals surface area contributed by atoms with E-state index in [2.05, 4.69) is 41.9 Å². The maximum Gasteiger partial charge on any atom is 0.161 e. The van der Waals surface area contributed by atoms with E-state index in [9.17, 15) is 0 Å². The van der Waals surface area contributed by atoms with Crippen LogP contribution in [0.2, 0.25) is 0 Å². The molecule has 0 saturated carbocycles. The fraction of sp³-hybridized carbons (Fsp3) is 0.333. The van der Waals surface area contributed by atoms with E-state index in [0.29, 0.717) is 0 Å². The first-order chi connectivity index (χ1) is 9.06. The number of alkyl halides is 1.